The third-order valence-electron chi connectivity index (χ3n) is 3.21. The smallest absolute Gasteiger partial charge is 0.169 e. The molecule has 4 heteroatoms. The van der Waals surface area contributed by atoms with E-state index < -0.39 is 0 Å². The van der Waals surface area contributed by atoms with Crippen LogP contribution >= 0.6 is 23.2 Å². The number of hydrogen-bond donors (Lipinski definition) is 1. The molecular weight excluding hydrogens is 307 g/mol. The predicted molar refractivity (Wildman–Crippen MR) is 87.9 cm³/mol. The number of phenols is 1. The molecule has 112 valence electrons. The standard InChI is InChI=1S/C17H18Cl2O2/c1-2-3-4-5-12-6-8-17(15(20)10-12)21-16-9-7-13(18)11-14(16)19/h6-11,20H,2-5H2,1H3. The summed E-state index contributed by atoms with van der Waals surface area (Å²) in [6.07, 6.45) is 4.46. The third kappa shape index (κ3) is 4.55. The zero-order chi connectivity index (χ0) is 15.2. The topological polar surface area (TPSA) is 29.5 Å². The summed E-state index contributed by atoms with van der Waals surface area (Å²) < 4.78 is 5.63. The molecule has 0 amide bonds. The Morgan fingerprint density at radius 1 is 1.00 bits per heavy atom. The van der Waals surface area contributed by atoms with Gasteiger partial charge in [-0.3, -0.25) is 0 Å². The molecule has 0 spiro atoms. The summed E-state index contributed by atoms with van der Waals surface area (Å²) in [5.74, 6) is 0.976. The van der Waals surface area contributed by atoms with Crippen LogP contribution in [0, 0.1) is 0 Å². The lowest BCUT2D eigenvalue weighted by Crippen LogP contribution is -1.89. The number of phenolic OH excluding ortho intramolecular Hbond substituents is 1. The van der Waals surface area contributed by atoms with Crippen molar-refractivity contribution in [2.45, 2.75) is 32.6 Å². The first-order chi connectivity index (χ1) is 10.1. The van der Waals surface area contributed by atoms with E-state index in [-0.39, 0.29) is 5.75 Å². The minimum atomic E-state index is 0.120. The molecule has 1 N–H and O–H groups in total. The normalized spacial score (nSPS) is 10.6. The SMILES string of the molecule is CCCCCc1ccc(Oc2ccc(Cl)cc2Cl)c(O)c1. The fourth-order valence-corrected chi connectivity index (χ4v) is 2.51. The molecule has 2 aromatic rings. The van der Waals surface area contributed by atoms with Crippen molar-refractivity contribution in [1.82, 2.24) is 0 Å². The van der Waals surface area contributed by atoms with Gasteiger partial charge in [-0.05, 0) is 48.7 Å². The summed E-state index contributed by atoms with van der Waals surface area (Å²) in [6, 6.07) is 10.5. The van der Waals surface area contributed by atoms with Gasteiger partial charge in [-0.2, -0.15) is 0 Å². The molecule has 2 rings (SSSR count). The lowest BCUT2D eigenvalue weighted by atomic mass is 10.1. The van der Waals surface area contributed by atoms with Crippen LogP contribution in [0.3, 0.4) is 0 Å². The Hall–Kier alpha value is -1.38. The van der Waals surface area contributed by atoms with Gasteiger partial charge in [-0.15, -0.1) is 0 Å². The van der Waals surface area contributed by atoms with Gasteiger partial charge in [-0.25, -0.2) is 0 Å². The predicted octanol–water partition coefficient (Wildman–Crippen LogP) is 6.22. The second-order valence-corrected chi connectivity index (χ2v) is 5.78. The van der Waals surface area contributed by atoms with E-state index in [9.17, 15) is 5.11 Å². The van der Waals surface area contributed by atoms with Gasteiger partial charge in [0.15, 0.2) is 11.5 Å². The average molecular weight is 325 g/mol. The van der Waals surface area contributed by atoms with Crippen molar-refractivity contribution >= 4 is 23.2 Å². The fraction of sp³-hybridized carbons (Fsp3) is 0.294. The van der Waals surface area contributed by atoms with E-state index in [1.807, 2.05) is 6.07 Å². The Morgan fingerprint density at radius 3 is 2.43 bits per heavy atom. The minimum Gasteiger partial charge on any atom is -0.504 e. The van der Waals surface area contributed by atoms with Crippen LogP contribution in [0.25, 0.3) is 0 Å². The van der Waals surface area contributed by atoms with Gasteiger partial charge in [-0.1, -0.05) is 49.0 Å². The van der Waals surface area contributed by atoms with Crippen LogP contribution in [0.15, 0.2) is 36.4 Å². The fourth-order valence-electron chi connectivity index (χ4n) is 2.06. The molecule has 0 aromatic heterocycles. The molecule has 2 nitrogen and oxygen atoms in total. The highest BCUT2D eigenvalue weighted by atomic mass is 35.5. The van der Waals surface area contributed by atoms with Crippen molar-refractivity contribution in [3.8, 4) is 17.2 Å². The van der Waals surface area contributed by atoms with Crippen molar-refractivity contribution in [2.75, 3.05) is 0 Å². The third-order valence-corrected chi connectivity index (χ3v) is 3.74. The first-order valence-electron chi connectivity index (χ1n) is 7.05. The monoisotopic (exact) mass is 324 g/mol. The minimum absolute atomic E-state index is 0.120. The van der Waals surface area contributed by atoms with Gasteiger partial charge in [0.05, 0.1) is 5.02 Å². The zero-order valence-corrected chi connectivity index (χ0v) is 13.4. The number of rotatable bonds is 6. The molecule has 0 bridgehead atoms. The van der Waals surface area contributed by atoms with Crippen molar-refractivity contribution in [3.63, 3.8) is 0 Å². The number of hydrogen-bond acceptors (Lipinski definition) is 2. The molecule has 0 fully saturated rings. The second-order valence-electron chi connectivity index (χ2n) is 4.94. The Morgan fingerprint density at radius 2 is 1.76 bits per heavy atom. The Labute approximate surface area is 135 Å². The van der Waals surface area contributed by atoms with Crippen LogP contribution in [-0.4, -0.2) is 5.11 Å². The van der Waals surface area contributed by atoms with Crippen molar-refractivity contribution in [3.05, 3.63) is 52.0 Å². The number of aromatic hydroxyl groups is 1. The van der Waals surface area contributed by atoms with Crippen molar-refractivity contribution < 1.29 is 9.84 Å². The van der Waals surface area contributed by atoms with Crippen molar-refractivity contribution in [2.24, 2.45) is 0 Å². The van der Waals surface area contributed by atoms with Gasteiger partial charge in [0.2, 0.25) is 0 Å². The van der Waals surface area contributed by atoms with E-state index in [1.54, 1.807) is 30.3 Å². The quantitative estimate of drug-likeness (QED) is 0.638. The molecule has 0 radical (unpaired) electrons. The van der Waals surface area contributed by atoms with Crippen LogP contribution in [0.2, 0.25) is 10.0 Å². The summed E-state index contributed by atoms with van der Waals surface area (Å²) in [7, 11) is 0. The summed E-state index contributed by atoms with van der Waals surface area (Å²) >= 11 is 11.9. The van der Waals surface area contributed by atoms with Crippen LogP contribution in [-0.2, 0) is 6.42 Å². The van der Waals surface area contributed by atoms with E-state index in [0.717, 1.165) is 18.4 Å². The summed E-state index contributed by atoms with van der Waals surface area (Å²) in [4.78, 5) is 0. The lowest BCUT2D eigenvalue weighted by molar-refractivity contribution is 0.410. The van der Waals surface area contributed by atoms with Crippen LogP contribution < -0.4 is 4.74 Å². The Bertz CT molecular complexity index is 612. The maximum atomic E-state index is 10.1. The highest BCUT2D eigenvalue weighted by molar-refractivity contribution is 6.35. The number of unbranched alkanes of at least 4 members (excludes halogenated alkanes) is 2. The summed E-state index contributed by atoms with van der Waals surface area (Å²) in [5, 5.41) is 11.0. The molecule has 2 aromatic carbocycles. The van der Waals surface area contributed by atoms with Gasteiger partial charge >= 0.3 is 0 Å². The molecule has 21 heavy (non-hydrogen) atoms. The van der Waals surface area contributed by atoms with E-state index in [2.05, 4.69) is 6.92 Å². The number of benzene rings is 2. The largest absolute Gasteiger partial charge is 0.504 e. The molecular formula is C17H18Cl2O2. The lowest BCUT2D eigenvalue weighted by Gasteiger charge is -2.10. The van der Waals surface area contributed by atoms with E-state index in [4.69, 9.17) is 27.9 Å². The highest BCUT2D eigenvalue weighted by Gasteiger charge is 2.08. The summed E-state index contributed by atoms with van der Waals surface area (Å²) in [6.45, 7) is 2.17. The molecule has 0 aliphatic carbocycles. The zero-order valence-electron chi connectivity index (χ0n) is 11.9. The average Bonchev–Trinajstić information content (AvgIpc) is 2.44. The van der Waals surface area contributed by atoms with Gasteiger partial charge in [0.1, 0.15) is 5.75 Å². The van der Waals surface area contributed by atoms with Crippen LogP contribution in [0.4, 0.5) is 0 Å². The van der Waals surface area contributed by atoms with Gasteiger partial charge in [0, 0.05) is 5.02 Å². The van der Waals surface area contributed by atoms with Crippen molar-refractivity contribution in [1.29, 1.82) is 0 Å². The van der Waals surface area contributed by atoms with Gasteiger partial charge < -0.3 is 9.84 Å². The highest BCUT2D eigenvalue weighted by Crippen LogP contribution is 2.36. The first-order valence-corrected chi connectivity index (χ1v) is 7.80. The molecule has 0 saturated heterocycles. The summed E-state index contributed by atoms with van der Waals surface area (Å²) in [5.41, 5.74) is 1.11. The maximum absolute atomic E-state index is 10.1. The van der Waals surface area contributed by atoms with Crippen LogP contribution in [0.1, 0.15) is 31.7 Å². The maximum Gasteiger partial charge on any atom is 0.169 e. The number of aryl methyl sites for hydroxylation is 1. The van der Waals surface area contributed by atoms with E-state index in [1.165, 1.54) is 12.8 Å². The molecule has 0 unspecified atom stereocenters. The van der Waals surface area contributed by atoms with Gasteiger partial charge in [0.25, 0.3) is 0 Å². The Balaban J connectivity index is 2.10. The molecule has 0 saturated carbocycles. The molecule has 0 atom stereocenters. The number of ether oxygens (including phenoxy) is 1. The molecule has 0 heterocycles. The second kappa shape index (κ2) is 7.58. The van der Waals surface area contributed by atoms with E-state index in [0.29, 0.717) is 21.5 Å². The molecule has 0 aliphatic rings. The van der Waals surface area contributed by atoms with Crippen LogP contribution in [0.5, 0.6) is 17.2 Å². The Kier molecular flexibility index (Phi) is 5.77. The number of halogens is 2. The van der Waals surface area contributed by atoms with E-state index >= 15 is 0 Å². The first kappa shape index (κ1) is 16.0. The molecule has 0 aliphatic heterocycles.